The van der Waals surface area contributed by atoms with E-state index in [1.807, 2.05) is 30.3 Å². The Morgan fingerprint density at radius 2 is 2.11 bits per heavy atom. The Balaban J connectivity index is 1.92. The molecule has 18 heavy (non-hydrogen) atoms. The predicted molar refractivity (Wildman–Crippen MR) is 68.3 cm³/mol. The fourth-order valence-corrected chi connectivity index (χ4v) is 2.27. The van der Waals surface area contributed by atoms with Crippen molar-refractivity contribution in [3.8, 4) is 0 Å². The lowest BCUT2D eigenvalue weighted by molar-refractivity contribution is 0.0759. The maximum Gasteiger partial charge on any atom is 0.272 e. The number of aromatic nitrogens is 1. The third-order valence-corrected chi connectivity index (χ3v) is 3.27. The number of rotatable bonds is 1. The van der Waals surface area contributed by atoms with Crippen LogP contribution in [0.4, 0.5) is 0 Å². The van der Waals surface area contributed by atoms with Gasteiger partial charge in [-0.05, 0) is 18.6 Å². The summed E-state index contributed by atoms with van der Waals surface area (Å²) in [6, 6.07) is 11.4. The number of pyridine rings is 1. The first-order valence-corrected chi connectivity index (χ1v) is 6.07. The van der Waals surface area contributed by atoms with Gasteiger partial charge in [-0.3, -0.25) is 4.79 Å². The number of carbonyl (C=O) groups is 1. The Kier molecular flexibility index (Phi) is 2.72. The number of benzene rings is 1. The lowest BCUT2D eigenvalue weighted by Crippen LogP contribution is -2.30. The van der Waals surface area contributed by atoms with Crippen LogP contribution in [0.3, 0.4) is 0 Å². The van der Waals surface area contributed by atoms with Crippen LogP contribution in [0.5, 0.6) is 0 Å². The molecule has 2 heterocycles. The van der Waals surface area contributed by atoms with Gasteiger partial charge in [0.2, 0.25) is 0 Å². The molecular formula is C14H14N2O2. The van der Waals surface area contributed by atoms with Crippen LogP contribution in [0.1, 0.15) is 16.9 Å². The lowest BCUT2D eigenvalue weighted by Gasteiger charge is -2.14. The molecule has 3 rings (SSSR count). The van der Waals surface area contributed by atoms with Crippen molar-refractivity contribution in [3.63, 3.8) is 0 Å². The SMILES string of the molecule is O=C(c1ccc2ccccc2n1)N1CC[C@@H](O)C1. The monoisotopic (exact) mass is 242 g/mol. The first kappa shape index (κ1) is 11.2. The predicted octanol–water partition coefficient (Wildman–Crippen LogP) is 1.44. The molecule has 0 aliphatic carbocycles. The number of aliphatic hydroxyl groups is 1. The molecule has 0 unspecified atom stereocenters. The highest BCUT2D eigenvalue weighted by Crippen LogP contribution is 2.16. The maximum atomic E-state index is 12.2. The summed E-state index contributed by atoms with van der Waals surface area (Å²) in [5.74, 6) is -0.0997. The molecule has 0 bridgehead atoms. The van der Waals surface area contributed by atoms with E-state index >= 15 is 0 Å². The lowest BCUT2D eigenvalue weighted by atomic mass is 10.2. The first-order chi connectivity index (χ1) is 8.74. The van der Waals surface area contributed by atoms with E-state index < -0.39 is 6.10 Å². The standard InChI is InChI=1S/C14H14N2O2/c17-11-7-8-16(9-11)14(18)13-6-5-10-3-1-2-4-12(10)15-13/h1-6,11,17H,7-9H2/t11-/m1/s1. The minimum Gasteiger partial charge on any atom is -0.391 e. The molecule has 1 amide bonds. The van der Waals surface area contributed by atoms with Crippen LogP contribution in [-0.4, -0.2) is 40.1 Å². The topological polar surface area (TPSA) is 53.4 Å². The number of aliphatic hydroxyl groups excluding tert-OH is 1. The number of para-hydroxylation sites is 1. The molecule has 0 spiro atoms. The molecule has 1 atom stereocenters. The summed E-state index contributed by atoms with van der Waals surface area (Å²) < 4.78 is 0. The molecule has 1 aromatic carbocycles. The van der Waals surface area contributed by atoms with E-state index in [2.05, 4.69) is 4.98 Å². The summed E-state index contributed by atoms with van der Waals surface area (Å²) in [6.07, 6.45) is 0.258. The van der Waals surface area contributed by atoms with E-state index in [1.54, 1.807) is 11.0 Å². The van der Waals surface area contributed by atoms with Crippen LogP contribution in [0.2, 0.25) is 0 Å². The third kappa shape index (κ3) is 1.95. The number of hydrogen-bond acceptors (Lipinski definition) is 3. The van der Waals surface area contributed by atoms with E-state index in [1.165, 1.54) is 0 Å². The van der Waals surface area contributed by atoms with E-state index in [0.29, 0.717) is 25.2 Å². The largest absolute Gasteiger partial charge is 0.391 e. The van der Waals surface area contributed by atoms with Gasteiger partial charge in [-0.2, -0.15) is 0 Å². The fourth-order valence-electron chi connectivity index (χ4n) is 2.27. The first-order valence-electron chi connectivity index (χ1n) is 6.07. The minimum atomic E-state index is -0.394. The number of likely N-dealkylation sites (tertiary alicyclic amines) is 1. The van der Waals surface area contributed by atoms with E-state index in [4.69, 9.17) is 0 Å². The molecule has 2 aromatic rings. The van der Waals surface area contributed by atoms with Crippen molar-refractivity contribution in [1.82, 2.24) is 9.88 Å². The van der Waals surface area contributed by atoms with Crippen LogP contribution in [0, 0.1) is 0 Å². The molecule has 92 valence electrons. The van der Waals surface area contributed by atoms with Crippen LogP contribution in [-0.2, 0) is 0 Å². The average molecular weight is 242 g/mol. The van der Waals surface area contributed by atoms with E-state index in [9.17, 15) is 9.90 Å². The van der Waals surface area contributed by atoms with Crippen molar-refractivity contribution in [3.05, 3.63) is 42.1 Å². The molecule has 1 aromatic heterocycles. The van der Waals surface area contributed by atoms with Crippen LogP contribution >= 0.6 is 0 Å². The highest BCUT2D eigenvalue weighted by molar-refractivity contribution is 5.95. The summed E-state index contributed by atoms with van der Waals surface area (Å²) in [5, 5.41) is 10.5. The minimum absolute atomic E-state index is 0.0997. The molecule has 1 aliphatic rings. The van der Waals surface area contributed by atoms with Gasteiger partial charge < -0.3 is 10.0 Å². The molecule has 0 saturated carbocycles. The number of hydrogen-bond donors (Lipinski definition) is 1. The normalized spacial score (nSPS) is 19.4. The molecule has 1 fully saturated rings. The Morgan fingerprint density at radius 1 is 1.28 bits per heavy atom. The number of β-amino-alcohol motifs (C(OH)–C–C–N with tert-alkyl or cyclic N) is 1. The molecule has 1 saturated heterocycles. The Labute approximate surface area is 105 Å². The van der Waals surface area contributed by atoms with Crippen molar-refractivity contribution in [2.75, 3.05) is 13.1 Å². The second kappa shape index (κ2) is 4.38. The van der Waals surface area contributed by atoms with Gasteiger partial charge in [-0.1, -0.05) is 24.3 Å². The van der Waals surface area contributed by atoms with E-state index in [-0.39, 0.29) is 5.91 Å². The zero-order valence-corrected chi connectivity index (χ0v) is 9.91. The second-order valence-corrected chi connectivity index (χ2v) is 4.58. The van der Waals surface area contributed by atoms with Crippen LogP contribution in [0.15, 0.2) is 36.4 Å². The highest BCUT2D eigenvalue weighted by Gasteiger charge is 2.26. The van der Waals surface area contributed by atoms with Gasteiger partial charge in [0.05, 0.1) is 11.6 Å². The van der Waals surface area contributed by atoms with Gasteiger partial charge in [0.1, 0.15) is 5.69 Å². The van der Waals surface area contributed by atoms with Crippen LogP contribution in [0.25, 0.3) is 10.9 Å². The zero-order chi connectivity index (χ0) is 12.5. The van der Waals surface area contributed by atoms with Gasteiger partial charge in [0.15, 0.2) is 0 Å². The maximum absolute atomic E-state index is 12.2. The van der Waals surface area contributed by atoms with Crippen molar-refractivity contribution in [1.29, 1.82) is 0 Å². The molecule has 1 aliphatic heterocycles. The molecular weight excluding hydrogens is 228 g/mol. The smallest absolute Gasteiger partial charge is 0.272 e. The summed E-state index contributed by atoms with van der Waals surface area (Å²) in [7, 11) is 0. The van der Waals surface area contributed by atoms with Crippen molar-refractivity contribution in [2.45, 2.75) is 12.5 Å². The third-order valence-electron chi connectivity index (χ3n) is 3.27. The van der Waals surface area contributed by atoms with Gasteiger partial charge in [-0.25, -0.2) is 4.98 Å². The zero-order valence-electron chi connectivity index (χ0n) is 9.91. The second-order valence-electron chi connectivity index (χ2n) is 4.58. The average Bonchev–Trinajstić information content (AvgIpc) is 2.84. The number of amides is 1. The quantitative estimate of drug-likeness (QED) is 0.823. The number of fused-ring (bicyclic) bond motifs is 1. The van der Waals surface area contributed by atoms with Gasteiger partial charge in [0, 0.05) is 18.5 Å². The summed E-state index contributed by atoms with van der Waals surface area (Å²) in [6.45, 7) is 1.02. The van der Waals surface area contributed by atoms with Gasteiger partial charge in [-0.15, -0.1) is 0 Å². The number of nitrogens with zero attached hydrogens (tertiary/aromatic N) is 2. The Hall–Kier alpha value is -1.94. The van der Waals surface area contributed by atoms with Crippen molar-refractivity contribution >= 4 is 16.8 Å². The highest BCUT2D eigenvalue weighted by atomic mass is 16.3. The number of carbonyl (C=O) groups excluding carboxylic acids is 1. The Morgan fingerprint density at radius 3 is 2.89 bits per heavy atom. The Bertz CT molecular complexity index is 597. The van der Waals surface area contributed by atoms with Crippen LogP contribution < -0.4 is 0 Å². The summed E-state index contributed by atoms with van der Waals surface area (Å²) in [4.78, 5) is 18.2. The fraction of sp³-hybridized carbons (Fsp3) is 0.286. The molecule has 4 heteroatoms. The molecule has 0 radical (unpaired) electrons. The summed E-state index contributed by atoms with van der Waals surface area (Å²) >= 11 is 0. The van der Waals surface area contributed by atoms with Gasteiger partial charge >= 0.3 is 0 Å². The molecule has 1 N–H and O–H groups in total. The van der Waals surface area contributed by atoms with Crippen molar-refractivity contribution in [2.24, 2.45) is 0 Å². The summed E-state index contributed by atoms with van der Waals surface area (Å²) in [5.41, 5.74) is 1.27. The van der Waals surface area contributed by atoms with Crippen molar-refractivity contribution < 1.29 is 9.90 Å². The van der Waals surface area contributed by atoms with Gasteiger partial charge in [0.25, 0.3) is 5.91 Å². The van der Waals surface area contributed by atoms with E-state index in [0.717, 1.165) is 10.9 Å². The molecule has 4 nitrogen and oxygen atoms in total.